The number of amides is 1. The molecule has 0 unspecified atom stereocenters. The molecule has 0 radical (unpaired) electrons. The molecule has 0 aromatic rings. The molecule has 2 rings (SSSR count). The molecular formula is C9H16N2O2. The van der Waals surface area contributed by atoms with Crippen molar-refractivity contribution in [2.45, 2.75) is 25.9 Å². The standard InChI is InChI=1S/C9H16N2O2/c1-6-3-10-9(12)8-4-13-5-11(8)7(6)2/h6-8H,3-5H2,1-2H3,(H,10,12)/t6-,7-,8-/m1/s1. The summed E-state index contributed by atoms with van der Waals surface area (Å²) in [5.74, 6) is 0.615. The van der Waals surface area contributed by atoms with Crippen molar-refractivity contribution in [1.29, 1.82) is 0 Å². The van der Waals surface area contributed by atoms with E-state index in [9.17, 15) is 4.79 Å². The molecule has 4 nitrogen and oxygen atoms in total. The summed E-state index contributed by atoms with van der Waals surface area (Å²) in [6, 6.07) is 0.367. The third kappa shape index (κ3) is 1.44. The Kier molecular flexibility index (Phi) is 2.26. The highest BCUT2D eigenvalue weighted by atomic mass is 16.5. The predicted molar refractivity (Wildman–Crippen MR) is 48.1 cm³/mol. The Morgan fingerprint density at radius 1 is 1.54 bits per heavy atom. The van der Waals surface area contributed by atoms with Crippen molar-refractivity contribution in [1.82, 2.24) is 10.2 Å². The van der Waals surface area contributed by atoms with E-state index in [0.29, 0.717) is 25.3 Å². The minimum atomic E-state index is -0.0556. The molecule has 4 heteroatoms. The first-order valence-electron chi connectivity index (χ1n) is 4.81. The largest absolute Gasteiger partial charge is 0.364 e. The zero-order valence-electron chi connectivity index (χ0n) is 8.12. The molecular weight excluding hydrogens is 168 g/mol. The molecule has 3 atom stereocenters. The van der Waals surface area contributed by atoms with E-state index in [1.807, 2.05) is 0 Å². The van der Waals surface area contributed by atoms with Gasteiger partial charge in [-0.15, -0.1) is 0 Å². The number of ether oxygens (including phenoxy) is 1. The fourth-order valence-corrected chi connectivity index (χ4v) is 1.96. The van der Waals surface area contributed by atoms with Gasteiger partial charge >= 0.3 is 0 Å². The van der Waals surface area contributed by atoms with Gasteiger partial charge in [0.05, 0.1) is 6.61 Å². The van der Waals surface area contributed by atoms with Gasteiger partial charge in [0.15, 0.2) is 0 Å². The Balaban J connectivity index is 2.19. The molecule has 0 saturated carbocycles. The van der Waals surface area contributed by atoms with Crippen LogP contribution in [0, 0.1) is 5.92 Å². The molecule has 2 aliphatic heterocycles. The van der Waals surface area contributed by atoms with Crippen LogP contribution >= 0.6 is 0 Å². The van der Waals surface area contributed by atoms with Crippen LogP contribution in [-0.2, 0) is 9.53 Å². The van der Waals surface area contributed by atoms with E-state index in [-0.39, 0.29) is 11.9 Å². The summed E-state index contributed by atoms with van der Waals surface area (Å²) in [5, 5.41) is 2.94. The summed E-state index contributed by atoms with van der Waals surface area (Å²) in [6.45, 7) is 6.25. The Labute approximate surface area is 78.2 Å². The number of nitrogens with zero attached hydrogens (tertiary/aromatic N) is 1. The third-order valence-electron chi connectivity index (χ3n) is 3.16. The Morgan fingerprint density at radius 3 is 3.08 bits per heavy atom. The molecule has 0 bridgehead atoms. The molecule has 2 saturated heterocycles. The first-order valence-corrected chi connectivity index (χ1v) is 4.81. The van der Waals surface area contributed by atoms with Crippen molar-refractivity contribution >= 4 is 5.91 Å². The van der Waals surface area contributed by atoms with Crippen LogP contribution in [0.3, 0.4) is 0 Å². The Hall–Kier alpha value is -0.610. The fourth-order valence-electron chi connectivity index (χ4n) is 1.96. The van der Waals surface area contributed by atoms with Gasteiger partial charge in [0, 0.05) is 12.6 Å². The van der Waals surface area contributed by atoms with Gasteiger partial charge in [-0.25, -0.2) is 0 Å². The average molecular weight is 184 g/mol. The maximum absolute atomic E-state index is 11.6. The van der Waals surface area contributed by atoms with E-state index in [4.69, 9.17) is 4.74 Å². The molecule has 0 spiro atoms. The molecule has 0 aromatic heterocycles. The van der Waals surface area contributed by atoms with Gasteiger partial charge in [-0.3, -0.25) is 9.69 Å². The van der Waals surface area contributed by atoms with E-state index >= 15 is 0 Å². The number of rotatable bonds is 0. The van der Waals surface area contributed by atoms with E-state index in [1.54, 1.807) is 0 Å². The summed E-state index contributed by atoms with van der Waals surface area (Å²) >= 11 is 0. The number of hydrogen-bond acceptors (Lipinski definition) is 3. The smallest absolute Gasteiger partial charge is 0.239 e. The van der Waals surface area contributed by atoms with Gasteiger partial charge < -0.3 is 10.1 Å². The molecule has 2 aliphatic rings. The van der Waals surface area contributed by atoms with Gasteiger partial charge in [-0.2, -0.15) is 0 Å². The molecule has 1 amide bonds. The van der Waals surface area contributed by atoms with Gasteiger partial charge in [0.2, 0.25) is 5.91 Å². The van der Waals surface area contributed by atoms with E-state index in [0.717, 1.165) is 6.54 Å². The van der Waals surface area contributed by atoms with Crippen LogP contribution in [0.1, 0.15) is 13.8 Å². The summed E-state index contributed by atoms with van der Waals surface area (Å²) in [4.78, 5) is 13.7. The second-order valence-electron chi connectivity index (χ2n) is 3.99. The Bertz CT molecular complexity index is 220. The summed E-state index contributed by atoms with van der Waals surface area (Å²) in [5.41, 5.74) is 0. The van der Waals surface area contributed by atoms with Crippen LogP contribution in [-0.4, -0.2) is 42.8 Å². The van der Waals surface area contributed by atoms with Crippen LogP contribution in [0.2, 0.25) is 0 Å². The molecule has 74 valence electrons. The van der Waals surface area contributed by atoms with E-state index < -0.39 is 0 Å². The molecule has 0 aromatic carbocycles. The van der Waals surface area contributed by atoms with Crippen molar-refractivity contribution in [2.75, 3.05) is 19.9 Å². The quantitative estimate of drug-likeness (QED) is 0.567. The summed E-state index contributed by atoms with van der Waals surface area (Å²) < 4.78 is 5.30. The topological polar surface area (TPSA) is 41.6 Å². The van der Waals surface area contributed by atoms with Crippen LogP contribution in [0.25, 0.3) is 0 Å². The van der Waals surface area contributed by atoms with Crippen molar-refractivity contribution in [3.8, 4) is 0 Å². The molecule has 2 heterocycles. The second kappa shape index (κ2) is 3.27. The third-order valence-corrected chi connectivity index (χ3v) is 3.16. The van der Waals surface area contributed by atoms with Crippen LogP contribution in [0.15, 0.2) is 0 Å². The van der Waals surface area contributed by atoms with Gasteiger partial charge in [-0.05, 0) is 12.8 Å². The van der Waals surface area contributed by atoms with Crippen molar-refractivity contribution in [3.63, 3.8) is 0 Å². The monoisotopic (exact) mass is 184 g/mol. The normalized spacial score (nSPS) is 41.1. The Morgan fingerprint density at radius 2 is 2.31 bits per heavy atom. The van der Waals surface area contributed by atoms with Crippen LogP contribution in [0.5, 0.6) is 0 Å². The highest BCUT2D eigenvalue weighted by Crippen LogP contribution is 2.21. The minimum Gasteiger partial charge on any atom is -0.364 e. The van der Waals surface area contributed by atoms with Crippen LogP contribution in [0.4, 0.5) is 0 Å². The fraction of sp³-hybridized carbons (Fsp3) is 0.889. The average Bonchev–Trinajstić information content (AvgIpc) is 2.57. The number of carbonyl (C=O) groups excluding carboxylic acids is 1. The first kappa shape index (κ1) is 8.97. The highest BCUT2D eigenvalue weighted by molar-refractivity contribution is 5.82. The van der Waals surface area contributed by atoms with Gasteiger partial charge in [-0.1, -0.05) is 6.92 Å². The SMILES string of the molecule is C[C@@H]1CNC(=O)[C@H]2COCN2[C@@H]1C. The lowest BCUT2D eigenvalue weighted by molar-refractivity contribution is -0.124. The molecule has 1 N–H and O–H groups in total. The maximum atomic E-state index is 11.6. The molecule has 0 aliphatic carbocycles. The molecule has 2 fully saturated rings. The van der Waals surface area contributed by atoms with Gasteiger partial charge in [0.1, 0.15) is 12.8 Å². The zero-order valence-corrected chi connectivity index (χ0v) is 8.12. The van der Waals surface area contributed by atoms with E-state index in [1.165, 1.54) is 0 Å². The summed E-state index contributed by atoms with van der Waals surface area (Å²) in [6.07, 6.45) is 0. The van der Waals surface area contributed by atoms with Crippen molar-refractivity contribution in [3.05, 3.63) is 0 Å². The van der Waals surface area contributed by atoms with Gasteiger partial charge in [0.25, 0.3) is 0 Å². The maximum Gasteiger partial charge on any atom is 0.239 e. The number of fused-ring (bicyclic) bond motifs is 1. The number of nitrogens with one attached hydrogen (secondary N) is 1. The van der Waals surface area contributed by atoms with Crippen LogP contribution < -0.4 is 5.32 Å². The minimum absolute atomic E-state index is 0.0556. The highest BCUT2D eigenvalue weighted by Gasteiger charge is 2.38. The lowest BCUT2D eigenvalue weighted by atomic mass is 10.0. The van der Waals surface area contributed by atoms with Crippen molar-refractivity contribution in [2.24, 2.45) is 5.92 Å². The second-order valence-corrected chi connectivity index (χ2v) is 3.99. The van der Waals surface area contributed by atoms with Crippen molar-refractivity contribution < 1.29 is 9.53 Å². The number of carbonyl (C=O) groups is 1. The van der Waals surface area contributed by atoms with E-state index in [2.05, 4.69) is 24.1 Å². The zero-order chi connectivity index (χ0) is 9.42. The summed E-state index contributed by atoms with van der Waals surface area (Å²) in [7, 11) is 0. The predicted octanol–water partition coefficient (Wildman–Crippen LogP) is -0.201. The number of hydrogen-bond donors (Lipinski definition) is 1. The lowest BCUT2D eigenvalue weighted by Crippen LogP contribution is -2.44. The first-order chi connectivity index (χ1) is 6.20. The lowest BCUT2D eigenvalue weighted by Gasteiger charge is -2.27. The molecule has 13 heavy (non-hydrogen) atoms.